The average Bonchev–Trinajstić information content (AvgIpc) is 2.95. The van der Waals surface area contributed by atoms with Gasteiger partial charge in [0, 0.05) is 48.7 Å². The third-order valence-corrected chi connectivity index (χ3v) is 6.00. The minimum absolute atomic E-state index is 0.105. The second-order valence-corrected chi connectivity index (χ2v) is 8.19. The maximum absolute atomic E-state index is 13.3. The monoisotopic (exact) mass is 438 g/mol. The Morgan fingerprint density at radius 2 is 1.77 bits per heavy atom. The number of halogens is 4. The van der Waals surface area contributed by atoms with E-state index in [9.17, 15) is 18.0 Å². The van der Waals surface area contributed by atoms with Crippen LogP contribution in [0.4, 0.5) is 24.8 Å². The predicted molar refractivity (Wildman–Crippen MR) is 109 cm³/mol. The normalized spacial score (nSPS) is 18.1. The molecule has 0 aliphatic carbocycles. The lowest BCUT2D eigenvalue weighted by Crippen LogP contribution is -2.43. The fourth-order valence-electron chi connectivity index (χ4n) is 4.13. The van der Waals surface area contributed by atoms with Crippen molar-refractivity contribution in [3.63, 3.8) is 0 Å². The Balaban J connectivity index is 1.42. The van der Waals surface area contributed by atoms with Crippen LogP contribution in [0.5, 0.6) is 0 Å². The van der Waals surface area contributed by atoms with Crippen molar-refractivity contribution in [1.29, 1.82) is 0 Å². The van der Waals surface area contributed by atoms with E-state index in [1.165, 1.54) is 0 Å². The smallest absolute Gasteiger partial charge is 0.341 e. The maximum Gasteiger partial charge on any atom is 0.419 e. The standard InChI is InChI=1S/C21H22ClF3N4O/c22-17-4-5-18-15(11-17)3-1-2-8-29(18)19(30)14-6-9-28(10-7-14)20-26-12-16(13-27-20)21(23,24)25/h4-5,11-14H,1-3,6-10H2. The number of nitrogens with zero attached hydrogens (tertiary/aromatic N) is 4. The van der Waals surface area contributed by atoms with Gasteiger partial charge in [0.05, 0.1) is 5.56 Å². The highest BCUT2D eigenvalue weighted by Crippen LogP contribution is 2.32. The van der Waals surface area contributed by atoms with Crippen molar-refractivity contribution < 1.29 is 18.0 Å². The van der Waals surface area contributed by atoms with Gasteiger partial charge < -0.3 is 9.80 Å². The van der Waals surface area contributed by atoms with Crippen molar-refractivity contribution in [3.05, 3.63) is 46.7 Å². The van der Waals surface area contributed by atoms with Gasteiger partial charge in [0.1, 0.15) is 0 Å². The number of alkyl halides is 3. The van der Waals surface area contributed by atoms with Gasteiger partial charge in [-0.3, -0.25) is 4.79 Å². The number of hydrogen-bond donors (Lipinski definition) is 0. The number of benzene rings is 1. The highest BCUT2D eigenvalue weighted by molar-refractivity contribution is 6.30. The van der Waals surface area contributed by atoms with Gasteiger partial charge in [-0.2, -0.15) is 13.2 Å². The number of fused-ring (bicyclic) bond motifs is 1. The third kappa shape index (κ3) is 4.38. The van der Waals surface area contributed by atoms with Crippen molar-refractivity contribution >= 4 is 29.1 Å². The largest absolute Gasteiger partial charge is 0.419 e. The number of piperidine rings is 1. The zero-order chi connectivity index (χ0) is 21.3. The first-order valence-corrected chi connectivity index (χ1v) is 10.4. The summed E-state index contributed by atoms with van der Waals surface area (Å²) in [6.07, 6.45) is 1.25. The molecule has 1 fully saturated rings. The molecule has 0 spiro atoms. The third-order valence-electron chi connectivity index (χ3n) is 5.77. The molecule has 0 unspecified atom stereocenters. The number of anilines is 2. The molecule has 0 saturated carbocycles. The van der Waals surface area contributed by atoms with Crippen molar-refractivity contribution in [2.45, 2.75) is 38.3 Å². The van der Waals surface area contributed by atoms with Crippen LogP contribution in [-0.4, -0.2) is 35.5 Å². The van der Waals surface area contributed by atoms with Crippen molar-refractivity contribution in [2.75, 3.05) is 29.4 Å². The lowest BCUT2D eigenvalue weighted by molar-refractivity contribution is -0.138. The Kier molecular flexibility index (Phi) is 5.86. The van der Waals surface area contributed by atoms with Crippen LogP contribution in [-0.2, 0) is 17.4 Å². The first kappa shape index (κ1) is 20.9. The minimum atomic E-state index is -4.45. The first-order valence-electron chi connectivity index (χ1n) is 10.1. The van der Waals surface area contributed by atoms with Crippen LogP contribution in [0.2, 0.25) is 5.02 Å². The molecule has 2 aliphatic rings. The molecule has 0 atom stereocenters. The second-order valence-electron chi connectivity index (χ2n) is 7.75. The van der Waals surface area contributed by atoms with Crippen LogP contribution < -0.4 is 9.80 Å². The molecule has 1 amide bonds. The van der Waals surface area contributed by atoms with E-state index in [1.807, 2.05) is 28.0 Å². The lowest BCUT2D eigenvalue weighted by Gasteiger charge is -2.34. The molecule has 0 bridgehead atoms. The summed E-state index contributed by atoms with van der Waals surface area (Å²) < 4.78 is 38.1. The van der Waals surface area contributed by atoms with Gasteiger partial charge in [-0.05, 0) is 55.9 Å². The zero-order valence-electron chi connectivity index (χ0n) is 16.3. The average molecular weight is 439 g/mol. The molecular weight excluding hydrogens is 417 g/mol. The summed E-state index contributed by atoms with van der Waals surface area (Å²) in [6, 6.07) is 5.68. The molecule has 1 aromatic carbocycles. The van der Waals surface area contributed by atoms with E-state index in [0.717, 1.165) is 42.9 Å². The SMILES string of the molecule is O=C(C1CCN(c2ncc(C(F)(F)F)cn2)CC1)N1CCCCc2cc(Cl)ccc21. The summed E-state index contributed by atoms with van der Waals surface area (Å²) in [5, 5.41) is 0.674. The van der Waals surface area contributed by atoms with Crippen molar-refractivity contribution in [1.82, 2.24) is 9.97 Å². The highest BCUT2D eigenvalue weighted by Gasteiger charge is 2.33. The fourth-order valence-corrected chi connectivity index (χ4v) is 4.32. The van der Waals surface area contributed by atoms with Gasteiger partial charge in [-0.15, -0.1) is 0 Å². The molecule has 0 N–H and O–H groups in total. The number of hydrogen-bond acceptors (Lipinski definition) is 4. The molecule has 4 rings (SSSR count). The number of amides is 1. The summed E-state index contributed by atoms with van der Waals surface area (Å²) >= 11 is 6.13. The molecule has 2 aliphatic heterocycles. The van der Waals surface area contributed by atoms with Crippen LogP contribution in [0.1, 0.15) is 36.8 Å². The first-order chi connectivity index (χ1) is 14.3. The number of aryl methyl sites for hydroxylation is 1. The van der Waals surface area contributed by atoms with Crippen LogP contribution in [0, 0.1) is 5.92 Å². The second kappa shape index (κ2) is 8.41. The summed E-state index contributed by atoms with van der Waals surface area (Å²) in [7, 11) is 0. The summed E-state index contributed by atoms with van der Waals surface area (Å²) in [4.78, 5) is 24.7. The van der Waals surface area contributed by atoms with E-state index in [0.29, 0.717) is 37.5 Å². The fraction of sp³-hybridized carbons (Fsp3) is 0.476. The highest BCUT2D eigenvalue weighted by atomic mass is 35.5. The number of carbonyl (C=O) groups excluding carboxylic acids is 1. The number of aromatic nitrogens is 2. The molecule has 2 aromatic rings. The maximum atomic E-state index is 13.3. The van der Waals surface area contributed by atoms with Crippen LogP contribution in [0.25, 0.3) is 0 Å². The van der Waals surface area contributed by atoms with E-state index < -0.39 is 11.7 Å². The molecule has 9 heteroatoms. The predicted octanol–water partition coefficient (Wildman–Crippen LogP) is 4.73. The van der Waals surface area contributed by atoms with E-state index in [1.54, 1.807) is 0 Å². The van der Waals surface area contributed by atoms with Crippen molar-refractivity contribution in [2.24, 2.45) is 5.92 Å². The Hall–Kier alpha value is -2.35. The molecule has 1 saturated heterocycles. The Bertz CT molecular complexity index is 911. The van der Waals surface area contributed by atoms with E-state index in [2.05, 4.69) is 9.97 Å². The molecule has 5 nitrogen and oxygen atoms in total. The number of carbonyl (C=O) groups is 1. The zero-order valence-corrected chi connectivity index (χ0v) is 17.1. The van der Waals surface area contributed by atoms with Gasteiger partial charge in [0.2, 0.25) is 11.9 Å². The molecule has 160 valence electrons. The van der Waals surface area contributed by atoms with Crippen LogP contribution >= 0.6 is 11.6 Å². The molecule has 3 heterocycles. The van der Waals surface area contributed by atoms with E-state index >= 15 is 0 Å². The van der Waals surface area contributed by atoms with E-state index in [-0.39, 0.29) is 17.8 Å². The van der Waals surface area contributed by atoms with Gasteiger partial charge in [-0.25, -0.2) is 9.97 Å². The van der Waals surface area contributed by atoms with Crippen LogP contribution in [0.15, 0.2) is 30.6 Å². The number of rotatable bonds is 2. The van der Waals surface area contributed by atoms with Gasteiger partial charge in [-0.1, -0.05) is 11.6 Å². The quantitative estimate of drug-likeness (QED) is 0.680. The van der Waals surface area contributed by atoms with Gasteiger partial charge in [0.15, 0.2) is 0 Å². The summed E-state index contributed by atoms with van der Waals surface area (Å²) in [5.74, 6) is 0.245. The summed E-state index contributed by atoms with van der Waals surface area (Å²) in [6.45, 7) is 1.75. The molecule has 0 radical (unpaired) electrons. The lowest BCUT2D eigenvalue weighted by atomic mass is 9.95. The molecule has 1 aromatic heterocycles. The van der Waals surface area contributed by atoms with Crippen molar-refractivity contribution in [3.8, 4) is 0 Å². The Morgan fingerprint density at radius 3 is 2.43 bits per heavy atom. The molecule has 30 heavy (non-hydrogen) atoms. The van der Waals surface area contributed by atoms with Crippen LogP contribution in [0.3, 0.4) is 0 Å². The minimum Gasteiger partial charge on any atom is -0.341 e. The van der Waals surface area contributed by atoms with Gasteiger partial charge in [0.25, 0.3) is 0 Å². The molecular formula is C21H22ClF3N4O. The van der Waals surface area contributed by atoms with E-state index in [4.69, 9.17) is 11.6 Å². The van der Waals surface area contributed by atoms with Gasteiger partial charge >= 0.3 is 6.18 Å². The summed E-state index contributed by atoms with van der Waals surface area (Å²) in [5.41, 5.74) is 1.18. The Labute approximate surface area is 177 Å². The Morgan fingerprint density at radius 1 is 1.07 bits per heavy atom. The topological polar surface area (TPSA) is 49.3 Å².